The molecule has 0 aromatic heterocycles. The van der Waals surface area contributed by atoms with Crippen LogP contribution in [0.1, 0.15) is 15.9 Å². The van der Waals surface area contributed by atoms with Crippen molar-refractivity contribution >= 4 is 99.2 Å². The molecule has 4 aromatic carbocycles. The number of nitrogens with one attached hydrogen (secondary N) is 3. The van der Waals surface area contributed by atoms with E-state index in [0.717, 1.165) is 24.3 Å². The first kappa shape index (κ1) is 50.5. The minimum Gasteiger partial charge on any atom is -0.744 e. The predicted octanol–water partition coefficient (Wildman–Crippen LogP) is -4.85. The molecule has 2 aliphatic carbocycles. The van der Waals surface area contributed by atoms with Crippen molar-refractivity contribution in [2.45, 2.75) is 9.79 Å². The maximum absolute atomic E-state index is 13.6. The maximum Gasteiger partial charge on any atom is 1.00 e. The normalized spacial score (nSPS) is 15.2. The first-order valence-corrected chi connectivity index (χ1v) is 19.9. The first-order valence-electron chi connectivity index (χ1n) is 15.7. The molecule has 0 spiro atoms. The van der Waals surface area contributed by atoms with E-state index in [1.807, 2.05) is 0 Å². The van der Waals surface area contributed by atoms with E-state index in [9.17, 15) is 53.6 Å². The second-order valence-corrected chi connectivity index (χ2v) is 15.7. The molecule has 0 saturated carbocycles. The number of aliphatic hydroxyl groups is 1. The average molecular weight is 901 g/mol. The number of fused-ring (bicyclic) bond motifs is 1. The van der Waals surface area contributed by atoms with Crippen LogP contribution in [0.25, 0.3) is 6.08 Å². The SMILES string of the molecule is Nc1c(N=Nc2ccc(Nc3ccc(NN=C4C=CC(=O)C=C4O)cc3)c(S(=O)(=O)[O-])c2)c(S(=O)(=O)[O-])cc2c1C(=O)C(=NNc1ccccc1)C(S(=O)(=O)[O-])=C2.[Na+].[Na+].[Na+]. The number of hydrazone groups is 2. The molecule has 26 heteroatoms. The van der Waals surface area contributed by atoms with Gasteiger partial charge in [0.1, 0.15) is 53.2 Å². The minimum absolute atomic E-state index is 0. The second kappa shape index (κ2) is 20.3. The Morgan fingerprint density at radius 3 is 1.85 bits per heavy atom. The molecule has 0 bridgehead atoms. The van der Waals surface area contributed by atoms with E-state index in [2.05, 4.69) is 36.6 Å². The van der Waals surface area contributed by atoms with Gasteiger partial charge in [-0.3, -0.25) is 20.4 Å². The van der Waals surface area contributed by atoms with Gasteiger partial charge in [-0.1, -0.05) is 18.2 Å². The Morgan fingerprint density at radius 1 is 0.650 bits per heavy atom. The molecule has 0 saturated heterocycles. The number of aliphatic hydroxyl groups excluding tert-OH is 1. The summed E-state index contributed by atoms with van der Waals surface area (Å²) >= 11 is 0. The van der Waals surface area contributed by atoms with Gasteiger partial charge in [-0.15, -0.1) is 5.11 Å². The summed E-state index contributed by atoms with van der Waals surface area (Å²) in [6.07, 6.45) is 4.12. The number of ketones is 2. The number of rotatable bonds is 11. The topological polar surface area (TPSA) is 338 Å². The van der Waals surface area contributed by atoms with Gasteiger partial charge in [0.25, 0.3) is 0 Å². The number of para-hydroxylation sites is 1. The third-order valence-electron chi connectivity index (χ3n) is 7.82. The fourth-order valence-electron chi connectivity index (χ4n) is 5.22. The van der Waals surface area contributed by atoms with Gasteiger partial charge in [0.2, 0.25) is 5.78 Å². The zero-order valence-corrected chi connectivity index (χ0v) is 39.8. The number of azo groups is 1. The molecule has 0 fully saturated rings. The van der Waals surface area contributed by atoms with Gasteiger partial charge < -0.3 is 29.8 Å². The number of hydrogen-bond acceptors (Lipinski definition) is 20. The molecule has 60 heavy (non-hydrogen) atoms. The Balaban J connectivity index is 0.00000320. The largest absolute Gasteiger partial charge is 1.00 e. The third kappa shape index (κ3) is 11.9. The summed E-state index contributed by atoms with van der Waals surface area (Å²) in [5.74, 6) is -2.02. The van der Waals surface area contributed by atoms with E-state index in [1.54, 1.807) is 18.2 Å². The Hall–Kier alpha value is -3.89. The fourth-order valence-corrected chi connectivity index (χ4v) is 7.17. The Kier molecular flexibility index (Phi) is 17.1. The van der Waals surface area contributed by atoms with Gasteiger partial charge >= 0.3 is 88.7 Å². The number of benzene rings is 4. The number of nitrogens with zero attached hydrogens (tertiary/aromatic N) is 4. The molecule has 0 radical (unpaired) electrons. The second-order valence-electron chi connectivity index (χ2n) is 11.7. The van der Waals surface area contributed by atoms with Gasteiger partial charge in [0.05, 0.1) is 48.7 Å². The van der Waals surface area contributed by atoms with Crippen molar-refractivity contribution in [1.82, 2.24) is 0 Å². The molecule has 4 aromatic rings. The van der Waals surface area contributed by atoms with Gasteiger partial charge in [0.15, 0.2) is 5.78 Å². The van der Waals surface area contributed by atoms with Crippen LogP contribution in [0.4, 0.5) is 39.8 Å². The standard InChI is InChI=1S/C34H26N8O12S3.3Na/c35-31-30-18(15-29(57(52,53)54)33(34(30)45)42-38-20-4-2-1-3-5-20)14-28(56(49,50)51)32(31)41-39-22-10-12-25(27(16-22)55(46,47)48)36-19-6-8-21(9-7-19)37-40-24-13-11-23(43)17-26(24)44;;;/h1-17,36-38,44H,35H2,(H,46,47,48)(H,49,50,51)(H,52,53,54);;;/q;3*+1/p-3. The molecule has 0 unspecified atom stereocenters. The molecule has 6 rings (SSSR count). The quantitative estimate of drug-likeness (QED) is 0.0235. The molecule has 0 amide bonds. The van der Waals surface area contributed by atoms with E-state index < -0.39 is 84.8 Å². The molecule has 292 valence electrons. The van der Waals surface area contributed by atoms with Crippen molar-refractivity contribution in [2.24, 2.45) is 20.4 Å². The Morgan fingerprint density at radius 2 is 1.25 bits per heavy atom. The van der Waals surface area contributed by atoms with Crippen molar-refractivity contribution in [3.05, 3.63) is 119 Å². The zero-order valence-electron chi connectivity index (χ0n) is 31.3. The van der Waals surface area contributed by atoms with Gasteiger partial charge in [-0.05, 0) is 84.5 Å². The number of hydrogen-bond donors (Lipinski definition) is 5. The third-order valence-corrected chi connectivity index (χ3v) is 10.4. The summed E-state index contributed by atoms with van der Waals surface area (Å²) in [5, 5.41) is 27.9. The Labute approximate surface area is 408 Å². The van der Waals surface area contributed by atoms with Crippen LogP contribution in [0.3, 0.4) is 0 Å². The predicted molar refractivity (Wildman–Crippen MR) is 203 cm³/mol. The number of anilines is 5. The molecule has 20 nitrogen and oxygen atoms in total. The van der Waals surface area contributed by atoms with Crippen LogP contribution in [0.5, 0.6) is 0 Å². The fraction of sp³-hybridized carbons (Fsp3) is 0. The molecule has 0 heterocycles. The molecule has 6 N–H and O–H groups in total. The Bertz CT molecular complexity index is 2910. The summed E-state index contributed by atoms with van der Waals surface area (Å²) in [6.45, 7) is 0. The molecular formula is C34H23N8Na3O12S3. The summed E-state index contributed by atoms with van der Waals surface area (Å²) in [4.78, 5) is 21.8. The first-order chi connectivity index (χ1) is 26.8. The smallest absolute Gasteiger partial charge is 0.744 e. The summed E-state index contributed by atoms with van der Waals surface area (Å²) in [7, 11) is -16.2. The zero-order chi connectivity index (χ0) is 41.3. The molecular weight excluding hydrogens is 878 g/mol. The number of nitrogen functional groups attached to an aromatic ring is 1. The van der Waals surface area contributed by atoms with Crippen LogP contribution < -0.4 is 111 Å². The van der Waals surface area contributed by atoms with Crippen molar-refractivity contribution in [2.75, 3.05) is 21.9 Å². The van der Waals surface area contributed by atoms with Gasteiger partial charge in [-0.25, -0.2) is 25.3 Å². The van der Waals surface area contributed by atoms with E-state index in [4.69, 9.17) is 5.73 Å². The van der Waals surface area contributed by atoms with Crippen LogP contribution in [-0.2, 0) is 35.1 Å². The number of allylic oxidation sites excluding steroid dienone is 4. The van der Waals surface area contributed by atoms with Gasteiger partial charge in [-0.2, -0.15) is 15.3 Å². The maximum atomic E-state index is 13.6. The number of nitrogens with two attached hydrogens (primary N) is 1. The van der Waals surface area contributed by atoms with Crippen molar-refractivity contribution < 1.29 is 142 Å². The van der Waals surface area contributed by atoms with Crippen molar-refractivity contribution in [3.8, 4) is 0 Å². The van der Waals surface area contributed by atoms with Crippen LogP contribution in [-0.4, -0.2) is 67.0 Å². The van der Waals surface area contributed by atoms with E-state index >= 15 is 0 Å². The molecule has 2 aliphatic rings. The van der Waals surface area contributed by atoms with E-state index in [1.165, 1.54) is 48.6 Å². The van der Waals surface area contributed by atoms with Crippen molar-refractivity contribution in [1.29, 1.82) is 0 Å². The molecule has 0 aliphatic heterocycles. The number of carbonyl (C=O) groups excluding carboxylic acids is 2. The van der Waals surface area contributed by atoms with Crippen LogP contribution in [0, 0.1) is 0 Å². The van der Waals surface area contributed by atoms with E-state index in [0.29, 0.717) is 23.5 Å². The van der Waals surface area contributed by atoms with E-state index in [-0.39, 0.29) is 117 Å². The number of Topliss-reactive ketones (excluding diaryl/α,β-unsaturated/α-hetero) is 1. The monoisotopic (exact) mass is 900 g/mol. The van der Waals surface area contributed by atoms with Crippen molar-refractivity contribution in [3.63, 3.8) is 0 Å². The van der Waals surface area contributed by atoms with Crippen LogP contribution in [0.2, 0.25) is 0 Å². The van der Waals surface area contributed by atoms with Gasteiger partial charge in [0, 0.05) is 11.8 Å². The van der Waals surface area contributed by atoms with Crippen LogP contribution >= 0.6 is 0 Å². The minimum atomic E-state index is -5.50. The molecule has 0 atom stereocenters. The summed E-state index contributed by atoms with van der Waals surface area (Å²) in [5.41, 5.74) is 8.03. The van der Waals surface area contributed by atoms with Crippen LogP contribution in [0.15, 0.2) is 138 Å². The average Bonchev–Trinajstić information content (AvgIpc) is 3.13. The number of carbonyl (C=O) groups is 2. The summed E-state index contributed by atoms with van der Waals surface area (Å²) in [6, 6.07) is 17.5. The summed E-state index contributed by atoms with van der Waals surface area (Å²) < 4.78 is 110.